The zero-order valence-corrected chi connectivity index (χ0v) is 18.9. The predicted molar refractivity (Wildman–Crippen MR) is 127 cm³/mol. The highest BCUT2D eigenvalue weighted by Gasteiger charge is 2.37. The molecule has 2 atom stereocenters. The molecule has 29 heavy (non-hydrogen) atoms. The van der Waals surface area contributed by atoms with E-state index in [0.29, 0.717) is 24.3 Å². The number of aromatic nitrogens is 1. The molecule has 5 nitrogen and oxygen atoms in total. The van der Waals surface area contributed by atoms with Gasteiger partial charge in [-0.05, 0) is 42.9 Å². The molecule has 0 saturated heterocycles. The normalized spacial score (nSPS) is 18.0. The summed E-state index contributed by atoms with van der Waals surface area (Å²) in [5, 5.41) is 6.78. The number of oxazole rings is 1. The molecular weight excluding hydrogens is 475 g/mol. The van der Waals surface area contributed by atoms with Crippen molar-refractivity contribution in [3.8, 4) is 11.5 Å². The van der Waals surface area contributed by atoms with Gasteiger partial charge in [-0.15, -0.1) is 24.0 Å². The van der Waals surface area contributed by atoms with Gasteiger partial charge in [0.25, 0.3) is 0 Å². The van der Waals surface area contributed by atoms with Gasteiger partial charge in [0.2, 0.25) is 5.89 Å². The zero-order chi connectivity index (χ0) is 19.2. The van der Waals surface area contributed by atoms with Crippen LogP contribution in [0.2, 0.25) is 0 Å². The van der Waals surface area contributed by atoms with Crippen LogP contribution in [0, 0.1) is 5.92 Å². The Bertz CT molecular complexity index is 911. The number of nitrogens with one attached hydrogen (secondary N) is 2. The molecule has 152 valence electrons. The second-order valence-electron chi connectivity index (χ2n) is 7.10. The molecule has 0 amide bonds. The van der Waals surface area contributed by atoms with E-state index in [1.54, 1.807) is 6.26 Å². The summed E-state index contributed by atoms with van der Waals surface area (Å²) in [7, 11) is 0. The minimum atomic E-state index is 0. The highest BCUT2D eigenvalue weighted by molar-refractivity contribution is 14.0. The maximum atomic E-state index is 5.59. The number of hydrogen-bond acceptors (Lipinski definition) is 3. The molecule has 2 unspecified atom stereocenters. The second kappa shape index (κ2) is 10.4. The zero-order valence-electron chi connectivity index (χ0n) is 16.5. The first kappa shape index (κ1) is 21.4. The number of hydrogen-bond donors (Lipinski definition) is 2. The summed E-state index contributed by atoms with van der Waals surface area (Å²) in [6.45, 7) is 4.31. The third-order valence-electron chi connectivity index (χ3n) is 5.00. The Hall–Kier alpha value is -2.35. The molecule has 4 rings (SSSR count). The van der Waals surface area contributed by atoms with E-state index in [9.17, 15) is 0 Å². The highest BCUT2D eigenvalue weighted by atomic mass is 127. The van der Waals surface area contributed by atoms with Crippen LogP contribution in [0.15, 0.2) is 76.3 Å². The maximum Gasteiger partial charge on any atom is 0.226 e. The largest absolute Gasteiger partial charge is 0.444 e. The summed E-state index contributed by atoms with van der Waals surface area (Å²) >= 11 is 0. The summed E-state index contributed by atoms with van der Waals surface area (Å²) in [6.07, 6.45) is 2.92. The van der Waals surface area contributed by atoms with Gasteiger partial charge in [0.05, 0.1) is 6.54 Å². The Morgan fingerprint density at radius 1 is 1.07 bits per heavy atom. The molecule has 0 aliphatic heterocycles. The monoisotopic (exact) mass is 502 g/mol. The smallest absolute Gasteiger partial charge is 0.226 e. The molecule has 1 saturated carbocycles. The van der Waals surface area contributed by atoms with Crippen LogP contribution in [-0.4, -0.2) is 24.0 Å². The molecule has 2 N–H and O–H groups in total. The molecule has 1 fully saturated rings. The number of halogens is 1. The predicted octanol–water partition coefficient (Wildman–Crippen LogP) is 4.82. The first-order valence-electron chi connectivity index (χ1n) is 9.90. The molecule has 2 aromatic carbocycles. The Balaban J connectivity index is 0.00000240. The summed E-state index contributed by atoms with van der Waals surface area (Å²) < 4.78 is 5.59. The van der Waals surface area contributed by atoms with E-state index in [0.717, 1.165) is 30.3 Å². The highest BCUT2D eigenvalue weighted by Crippen LogP contribution is 2.46. The maximum absolute atomic E-state index is 5.59. The molecular formula is C23H27IN4O. The molecule has 1 aliphatic rings. The van der Waals surface area contributed by atoms with Crippen LogP contribution in [0.25, 0.3) is 11.5 Å². The van der Waals surface area contributed by atoms with Crippen LogP contribution >= 0.6 is 24.0 Å². The molecule has 3 aromatic rings. The van der Waals surface area contributed by atoms with E-state index < -0.39 is 0 Å². The Kier molecular flexibility index (Phi) is 7.69. The van der Waals surface area contributed by atoms with Gasteiger partial charge in [-0.25, -0.2) is 9.98 Å². The van der Waals surface area contributed by atoms with E-state index in [-0.39, 0.29) is 24.0 Å². The van der Waals surface area contributed by atoms with Gasteiger partial charge >= 0.3 is 0 Å². The summed E-state index contributed by atoms with van der Waals surface area (Å²) in [6, 6.07) is 20.7. The van der Waals surface area contributed by atoms with Crippen molar-refractivity contribution in [2.45, 2.75) is 25.8 Å². The number of benzene rings is 2. The van der Waals surface area contributed by atoms with E-state index in [1.807, 2.05) is 30.3 Å². The summed E-state index contributed by atoms with van der Waals surface area (Å²) in [5.41, 5.74) is 3.24. The molecule has 0 spiro atoms. The van der Waals surface area contributed by atoms with Gasteiger partial charge in [0, 0.05) is 18.7 Å². The molecule has 1 heterocycles. The van der Waals surface area contributed by atoms with Crippen LogP contribution in [-0.2, 0) is 6.54 Å². The lowest BCUT2D eigenvalue weighted by Gasteiger charge is -2.10. The lowest BCUT2D eigenvalue weighted by Crippen LogP contribution is -2.38. The fourth-order valence-electron chi connectivity index (χ4n) is 3.40. The summed E-state index contributed by atoms with van der Waals surface area (Å²) in [4.78, 5) is 9.20. The minimum Gasteiger partial charge on any atom is -0.444 e. The van der Waals surface area contributed by atoms with Crippen molar-refractivity contribution in [3.05, 3.63) is 78.2 Å². The van der Waals surface area contributed by atoms with Gasteiger partial charge in [0.1, 0.15) is 12.0 Å². The Morgan fingerprint density at radius 3 is 2.52 bits per heavy atom. The van der Waals surface area contributed by atoms with Crippen LogP contribution in [0.5, 0.6) is 0 Å². The number of guanidine groups is 1. The van der Waals surface area contributed by atoms with Gasteiger partial charge in [0.15, 0.2) is 5.96 Å². The van der Waals surface area contributed by atoms with Crippen molar-refractivity contribution in [1.82, 2.24) is 15.6 Å². The molecule has 0 bridgehead atoms. The fourth-order valence-corrected chi connectivity index (χ4v) is 3.40. The van der Waals surface area contributed by atoms with Gasteiger partial charge in [-0.1, -0.05) is 48.5 Å². The van der Waals surface area contributed by atoms with Crippen LogP contribution in [0.1, 0.15) is 30.5 Å². The standard InChI is InChI=1S/C23H26N4O.HI/c1-2-24-23(25-14-19-13-21(19)17-9-5-3-6-10-17)26-15-20-16-28-22(27-20)18-11-7-4-8-12-18;/h3-12,16,19,21H,2,13-15H2,1H3,(H2,24,25,26);1H. The van der Waals surface area contributed by atoms with Crippen molar-refractivity contribution in [2.75, 3.05) is 13.1 Å². The second-order valence-corrected chi connectivity index (χ2v) is 7.10. The van der Waals surface area contributed by atoms with Crippen LogP contribution < -0.4 is 10.6 Å². The first-order chi connectivity index (χ1) is 13.8. The Labute approximate surface area is 189 Å². The molecule has 6 heteroatoms. The van der Waals surface area contributed by atoms with Crippen LogP contribution in [0.4, 0.5) is 0 Å². The molecule has 1 aromatic heterocycles. The molecule has 0 radical (unpaired) electrons. The van der Waals surface area contributed by atoms with Crippen molar-refractivity contribution in [3.63, 3.8) is 0 Å². The number of rotatable bonds is 7. The first-order valence-corrected chi connectivity index (χ1v) is 9.90. The average molecular weight is 502 g/mol. The Morgan fingerprint density at radius 2 is 1.79 bits per heavy atom. The molecule has 1 aliphatic carbocycles. The fraction of sp³-hybridized carbons (Fsp3) is 0.304. The van der Waals surface area contributed by atoms with Crippen molar-refractivity contribution < 1.29 is 4.42 Å². The SMILES string of the molecule is CCNC(=NCc1coc(-c2ccccc2)n1)NCC1CC1c1ccccc1.I. The van der Waals surface area contributed by atoms with E-state index in [2.05, 4.69) is 57.9 Å². The van der Waals surface area contributed by atoms with E-state index >= 15 is 0 Å². The average Bonchev–Trinajstić information content (AvgIpc) is 3.38. The van der Waals surface area contributed by atoms with Gasteiger partial charge < -0.3 is 15.1 Å². The third kappa shape index (κ3) is 5.82. The van der Waals surface area contributed by atoms with Crippen molar-refractivity contribution in [2.24, 2.45) is 10.9 Å². The third-order valence-corrected chi connectivity index (χ3v) is 5.00. The number of nitrogens with zero attached hydrogens (tertiary/aromatic N) is 2. The van der Waals surface area contributed by atoms with Crippen LogP contribution in [0.3, 0.4) is 0 Å². The lowest BCUT2D eigenvalue weighted by molar-refractivity contribution is 0.572. The number of aliphatic imine (C=N–C) groups is 1. The van der Waals surface area contributed by atoms with Gasteiger partial charge in [-0.2, -0.15) is 0 Å². The quantitative estimate of drug-likeness (QED) is 0.276. The lowest BCUT2D eigenvalue weighted by atomic mass is 10.1. The van der Waals surface area contributed by atoms with Crippen molar-refractivity contribution in [1.29, 1.82) is 0 Å². The van der Waals surface area contributed by atoms with Crippen molar-refractivity contribution >= 4 is 29.9 Å². The topological polar surface area (TPSA) is 62.5 Å². The van der Waals surface area contributed by atoms with Gasteiger partial charge in [-0.3, -0.25) is 0 Å². The summed E-state index contributed by atoms with van der Waals surface area (Å²) in [5.74, 6) is 2.79. The minimum absolute atomic E-state index is 0. The van der Waals surface area contributed by atoms with E-state index in [1.165, 1.54) is 12.0 Å². The van der Waals surface area contributed by atoms with E-state index in [4.69, 9.17) is 4.42 Å².